The number of benzene rings is 1. The molecular formula is C29H28N2O5. The van der Waals surface area contributed by atoms with Crippen LogP contribution in [0.25, 0.3) is 21.9 Å². The van der Waals surface area contributed by atoms with Crippen LogP contribution in [0.3, 0.4) is 0 Å². The number of hydrogen-bond acceptors (Lipinski definition) is 5. The summed E-state index contributed by atoms with van der Waals surface area (Å²) in [6.07, 6.45) is 5.23. The Hall–Kier alpha value is -3.61. The third-order valence-electron chi connectivity index (χ3n) is 8.52. The van der Waals surface area contributed by atoms with E-state index >= 15 is 0 Å². The summed E-state index contributed by atoms with van der Waals surface area (Å²) in [5.74, 6) is 1.37. The summed E-state index contributed by atoms with van der Waals surface area (Å²) in [4.78, 5) is 40.6. The first kappa shape index (κ1) is 21.7. The summed E-state index contributed by atoms with van der Waals surface area (Å²) in [5, 5.41) is 1.95. The zero-order valence-corrected chi connectivity index (χ0v) is 20.3. The van der Waals surface area contributed by atoms with Crippen molar-refractivity contribution in [2.45, 2.75) is 57.9 Å². The van der Waals surface area contributed by atoms with Gasteiger partial charge in [0.2, 0.25) is 5.91 Å². The standard InChI is InChI=1S/C29H28N2O5/c1-16-20-10-22-19-5-2-3-7-24(19)35-26(22)12-25(20)36-29(34)21(16)11-28(33)30-13-17-9-18(15-30)23-6-4-8-27(32)31(23)14-17/h4,6,8,10,12,17-18H,2-3,5,7,9,11,13-15H2,1H3/t17-,18+/m0/s1. The van der Waals surface area contributed by atoms with Gasteiger partial charge in [0.15, 0.2) is 0 Å². The summed E-state index contributed by atoms with van der Waals surface area (Å²) in [6, 6.07) is 9.29. The normalized spacial score (nSPS) is 21.0. The Morgan fingerprint density at radius 3 is 2.72 bits per heavy atom. The Morgan fingerprint density at radius 2 is 1.83 bits per heavy atom. The lowest BCUT2D eigenvalue weighted by molar-refractivity contribution is -0.133. The lowest BCUT2D eigenvalue weighted by Crippen LogP contribution is -2.49. The summed E-state index contributed by atoms with van der Waals surface area (Å²) in [5.41, 5.74) is 4.33. The number of likely N-dealkylation sites (tertiary alicyclic amines) is 1. The van der Waals surface area contributed by atoms with Crippen LogP contribution in [0.2, 0.25) is 0 Å². The molecule has 3 aliphatic rings. The van der Waals surface area contributed by atoms with Gasteiger partial charge >= 0.3 is 5.63 Å². The number of amides is 1. The molecule has 0 spiro atoms. The van der Waals surface area contributed by atoms with E-state index in [1.165, 1.54) is 5.56 Å². The molecule has 184 valence electrons. The van der Waals surface area contributed by atoms with Gasteiger partial charge in [0.1, 0.15) is 16.9 Å². The highest BCUT2D eigenvalue weighted by molar-refractivity contribution is 5.97. The first-order valence-corrected chi connectivity index (χ1v) is 12.9. The van der Waals surface area contributed by atoms with Crippen molar-refractivity contribution in [2.24, 2.45) is 5.92 Å². The molecule has 1 aliphatic carbocycles. The molecule has 2 atom stereocenters. The number of piperidine rings is 1. The summed E-state index contributed by atoms with van der Waals surface area (Å²) in [7, 11) is 0. The minimum atomic E-state index is -0.460. The van der Waals surface area contributed by atoms with E-state index in [1.54, 1.807) is 12.1 Å². The van der Waals surface area contributed by atoms with E-state index in [-0.39, 0.29) is 29.7 Å². The largest absolute Gasteiger partial charge is 0.461 e. The molecule has 0 saturated carbocycles. The predicted octanol–water partition coefficient (Wildman–Crippen LogP) is 4.08. The van der Waals surface area contributed by atoms with Gasteiger partial charge in [0.05, 0.1) is 12.0 Å². The van der Waals surface area contributed by atoms with Crippen LogP contribution < -0.4 is 11.2 Å². The monoisotopic (exact) mass is 484 g/mol. The molecule has 3 aromatic heterocycles. The fourth-order valence-electron chi connectivity index (χ4n) is 6.71. The second-order valence-corrected chi connectivity index (χ2v) is 10.7. The molecule has 7 rings (SSSR count). The van der Waals surface area contributed by atoms with Crippen LogP contribution in [0.15, 0.2) is 48.8 Å². The van der Waals surface area contributed by atoms with Crippen LogP contribution in [-0.4, -0.2) is 28.5 Å². The van der Waals surface area contributed by atoms with Crippen molar-refractivity contribution < 1.29 is 13.6 Å². The molecule has 1 amide bonds. The number of aryl methyl sites for hydroxylation is 3. The highest BCUT2D eigenvalue weighted by Gasteiger charge is 2.36. The van der Waals surface area contributed by atoms with Crippen molar-refractivity contribution in [3.05, 3.63) is 79.3 Å². The molecule has 1 saturated heterocycles. The van der Waals surface area contributed by atoms with Gasteiger partial charge in [-0.05, 0) is 56.2 Å². The highest BCUT2D eigenvalue weighted by Crippen LogP contribution is 2.37. The first-order valence-electron chi connectivity index (χ1n) is 12.9. The van der Waals surface area contributed by atoms with Crippen molar-refractivity contribution in [3.63, 3.8) is 0 Å². The molecule has 4 aromatic rings. The summed E-state index contributed by atoms with van der Waals surface area (Å²) >= 11 is 0. The number of pyridine rings is 1. The maximum atomic E-state index is 13.4. The average molecular weight is 485 g/mol. The van der Waals surface area contributed by atoms with E-state index < -0.39 is 5.63 Å². The van der Waals surface area contributed by atoms with Crippen LogP contribution in [0, 0.1) is 12.8 Å². The number of rotatable bonds is 2. The second kappa shape index (κ2) is 7.95. The van der Waals surface area contributed by atoms with Crippen LogP contribution in [-0.2, 0) is 30.6 Å². The number of carbonyl (C=O) groups excluding carboxylic acids is 1. The van der Waals surface area contributed by atoms with Crippen LogP contribution >= 0.6 is 0 Å². The molecule has 5 heterocycles. The SMILES string of the molecule is Cc1c(CC(=O)N2C[C@@H]3C[C@H](C2)c2cccc(=O)n2C3)c(=O)oc2cc3oc4c(c3cc12)CCCC4. The molecule has 7 heteroatoms. The van der Waals surface area contributed by atoms with E-state index in [2.05, 4.69) is 6.07 Å². The molecule has 0 N–H and O–H groups in total. The Morgan fingerprint density at radius 1 is 1.00 bits per heavy atom. The molecule has 2 bridgehead atoms. The second-order valence-electron chi connectivity index (χ2n) is 10.7. The Labute approximate surface area is 207 Å². The van der Waals surface area contributed by atoms with Gasteiger partial charge in [-0.2, -0.15) is 0 Å². The quantitative estimate of drug-likeness (QED) is 0.400. The van der Waals surface area contributed by atoms with Gasteiger partial charge < -0.3 is 18.3 Å². The number of carbonyl (C=O) groups is 1. The Bertz CT molecular complexity index is 1670. The van der Waals surface area contributed by atoms with Crippen molar-refractivity contribution >= 4 is 27.8 Å². The van der Waals surface area contributed by atoms with Crippen LogP contribution in [0.1, 0.15) is 53.3 Å². The smallest absolute Gasteiger partial charge is 0.340 e. The predicted molar refractivity (Wildman–Crippen MR) is 135 cm³/mol. The molecule has 1 fully saturated rings. The number of aromatic nitrogens is 1. The van der Waals surface area contributed by atoms with Crippen molar-refractivity contribution in [1.82, 2.24) is 9.47 Å². The third-order valence-corrected chi connectivity index (χ3v) is 8.52. The van der Waals surface area contributed by atoms with Crippen molar-refractivity contribution in [1.29, 1.82) is 0 Å². The van der Waals surface area contributed by atoms with Crippen molar-refractivity contribution in [2.75, 3.05) is 13.1 Å². The fraction of sp³-hybridized carbons (Fsp3) is 0.414. The zero-order valence-electron chi connectivity index (χ0n) is 20.3. The molecule has 2 aliphatic heterocycles. The molecule has 36 heavy (non-hydrogen) atoms. The van der Waals surface area contributed by atoms with E-state index in [0.29, 0.717) is 30.8 Å². The molecular weight excluding hydrogens is 456 g/mol. The van der Waals surface area contributed by atoms with E-state index in [0.717, 1.165) is 65.5 Å². The van der Waals surface area contributed by atoms with Gasteiger partial charge in [-0.25, -0.2) is 4.79 Å². The maximum absolute atomic E-state index is 13.4. The number of furan rings is 1. The van der Waals surface area contributed by atoms with E-state index in [4.69, 9.17) is 8.83 Å². The third kappa shape index (κ3) is 3.29. The molecule has 1 aromatic carbocycles. The Kier molecular flexibility index (Phi) is 4.78. The zero-order chi connectivity index (χ0) is 24.6. The maximum Gasteiger partial charge on any atom is 0.340 e. The Balaban J connectivity index is 1.21. The number of nitrogens with zero attached hydrogens (tertiary/aromatic N) is 2. The first-order chi connectivity index (χ1) is 17.5. The van der Waals surface area contributed by atoms with Gasteiger partial charge in [-0.15, -0.1) is 0 Å². The van der Waals surface area contributed by atoms with Crippen LogP contribution in [0.4, 0.5) is 0 Å². The van der Waals surface area contributed by atoms with E-state index in [1.807, 2.05) is 28.5 Å². The minimum Gasteiger partial charge on any atom is -0.461 e. The van der Waals surface area contributed by atoms with Gasteiger partial charge in [0, 0.05) is 66.1 Å². The lowest BCUT2D eigenvalue weighted by Gasteiger charge is -2.42. The number of fused-ring (bicyclic) bond motifs is 8. The van der Waals surface area contributed by atoms with Gasteiger partial charge in [-0.3, -0.25) is 9.59 Å². The molecule has 0 unspecified atom stereocenters. The van der Waals surface area contributed by atoms with E-state index in [9.17, 15) is 14.4 Å². The summed E-state index contributed by atoms with van der Waals surface area (Å²) in [6.45, 7) is 3.72. The van der Waals surface area contributed by atoms with Crippen molar-refractivity contribution in [3.8, 4) is 0 Å². The minimum absolute atomic E-state index is 0.0205. The average Bonchev–Trinajstić information content (AvgIpc) is 3.23. The van der Waals surface area contributed by atoms with Gasteiger partial charge in [0.25, 0.3) is 5.56 Å². The topological polar surface area (TPSA) is 85.7 Å². The van der Waals surface area contributed by atoms with Gasteiger partial charge in [-0.1, -0.05) is 6.07 Å². The lowest BCUT2D eigenvalue weighted by atomic mass is 9.83. The fourth-order valence-corrected chi connectivity index (χ4v) is 6.71. The number of hydrogen-bond donors (Lipinski definition) is 0. The molecule has 7 nitrogen and oxygen atoms in total. The van der Waals surface area contributed by atoms with Crippen LogP contribution in [0.5, 0.6) is 0 Å². The summed E-state index contributed by atoms with van der Waals surface area (Å²) < 4.78 is 13.6. The molecule has 0 radical (unpaired) electrons. The highest BCUT2D eigenvalue weighted by atomic mass is 16.4.